The highest BCUT2D eigenvalue weighted by Gasteiger charge is 2.08. The minimum atomic E-state index is -0.459. The van der Waals surface area contributed by atoms with E-state index in [-0.39, 0.29) is 10.8 Å². The van der Waals surface area contributed by atoms with Gasteiger partial charge in [0.15, 0.2) is 0 Å². The van der Waals surface area contributed by atoms with Crippen LogP contribution in [0.15, 0.2) is 34.8 Å². The first-order valence-corrected chi connectivity index (χ1v) is 6.78. The third-order valence-electron chi connectivity index (χ3n) is 2.77. The minimum Gasteiger partial charge on any atom is -0.381 e. The maximum absolute atomic E-state index is 13.5. The number of hydrogen-bond donors (Lipinski definition) is 1. The molecule has 2 rings (SSSR count). The van der Waals surface area contributed by atoms with E-state index in [1.165, 1.54) is 12.1 Å². The summed E-state index contributed by atoms with van der Waals surface area (Å²) in [6.07, 6.45) is 0. The van der Waals surface area contributed by atoms with Gasteiger partial charge in [-0.2, -0.15) is 0 Å². The molecule has 0 fully saturated rings. The Morgan fingerprint density at radius 2 is 1.95 bits per heavy atom. The first kappa shape index (κ1) is 14.3. The SMILES string of the molecule is Cc1cc(Br)c(F)cc1NCc1cccc(F)c1Cl. The van der Waals surface area contributed by atoms with Gasteiger partial charge in [0.25, 0.3) is 0 Å². The van der Waals surface area contributed by atoms with Crippen LogP contribution in [0.4, 0.5) is 14.5 Å². The Morgan fingerprint density at radius 1 is 1.21 bits per heavy atom. The fourth-order valence-electron chi connectivity index (χ4n) is 1.71. The van der Waals surface area contributed by atoms with Gasteiger partial charge in [0.05, 0.1) is 9.50 Å². The monoisotopic (exact) mass is 345 g/mol. The summed E-state index contributed by atoms with van der Waals surface area (Å²) in [5.74, 6) is -0.807. The van der Waals surface area contributed by atoms with E-state index in [1.807, 2.05) is 6.92 Å². The molecule has 0 bridgehead atoms. The van der Waals surface area contributed by atoms with Crippen LogP contribution in [-0.4, -0.2) is 0 Å². The molecule has 0 saturated heterocycles. The van der Waals surface area contributed by atoms with Gasteiger partial charge in [0.2, 0.25) is 0 Å². The molecule has 0 atom stereocenters. The molecular formula is C14H11BrClF2N. The van der Waals surface area contributed by atoms with Crippen LogP contribution in [0.2, 0.25) is 5.02 Å². The highest BCUT2D eigenvalue weighted by Crippen LogP contribution is 2.26. The molecule has 1 nitrogen and oxygen atoms in total. The molecule has 5 heteroatoms. The van der Waals surface area contributed by atoms with Gasteiger partial charge < -0.3 is 5.32 Å². The molecule has 0 aliphatic rings. The first-order valence-electron chi connectivity index (χ1n) is 5.61. The third kappa shape index (κ3) is 3.25. The Bertz CT molecular complexity index is 617. The second kappa shape index (κ2) is 5.88. The molecule has 2 aromatic rings. The molecule has 0 aliphatic carbocycles. The molecule has 2 aromatic carbocycles. The highest BCUT2D eigenvalue weighted by atomic mass is 79.9. The van der Waals surface area contributed by atoms with Crippen molar-refractivity contribution in [1.29, 1.82) is 0 Å². The van der Waals surface area contributed by atoms with Crippen LogP contribution in [0, 0.1) is 18.6 Å². The van der Waals surface area contributed by atoms with Gasteiger partial charge in [-0.1, -0.05) is 23.7 Å². The van der Waals surface area contributed by atoms with Crippen molar-refractivity contribution >= 4 is 33.2 Å². The van der Waals surface area contributed by atoms with E-state index in [0.29, 0.717) is 22.3 Å². The normalized spacial score (nSPS) is 10.6. The topological polar surface area (TPSA) is 12.0 Å². The quantitative estimate of drug-likeness (QED) is 0.795. The van der Waals surface area contributed by atoms with Crippen LogP contribution in [0.5, 0.6) is 0 Å². The van der Waals surface area contributed by atoms with Crippen LogP contribution in [0.25, 0.3) is 0 Å². The van der Waals surface area contributed by atoms with Gasteiger partial charge in [0, 0.05) is 12.2 Å². The first-order chi connectivity index (χ1) is 8.99. The Balaban J connectivity index is 2.19. The second-order valence-electron chi connectivity index (χ2n) is 4.15. The predicted molar refractivity (Wildman–Crippen MR) is 77.6 cm³/mol. The molecule has 0 heterocycles. The van der Waals surface area contributed by atoms with Crippen molar-refractivity contribution in [1.82, 2.24) is 0 Å². The van der Waals surface area contributed by atoms with Crippen LogP contribution in [0.1, 0.15) is 11.1 Å². The van der Waals surface area contributed by atoms with Crippen molar-refractivity contribution in [3.05, 3.63) is 62.6 Å². The van der Waals surface area contributed by atoms with Gasteiger partial charge in [-0.25, -0.2) is 8.78 Å². The molecule has 0 amide bonds. The Kier molecular flexibility index (Phi) is 4.42. The van der Waals surface area contributed by atoms with Crippen molar-refractivity contribution in [3.63, 3.8) is 0 Å². The molecule has 0 radical (unpaired) electrons. The fraction of sp³-hybridized carbons (Fsp3) is 0.143. The van der Waals surface area contributed by atoms with Gasteiger partial charge in [-0.3, -0.25) is 0 Å². The van der Waals surface area contributed by atoms with Gasteiger partial charge in [-0.05, 0) is 52.2 Å². The van der Waals surface area contributed by atoms with Crippen LogP contribution in [-0.2, 0) is 6.54 Å². The maximum atomic E-state index is 13.5. The second-order valence-corrected chi connectivity index (χ2v) is 5.38. The molecule has 0 aromatic heterocycles. The Hall–Kier alpha value is -1.13. The summed E-state index contributed by atoms with van der Waals surface area (Å²) in [6, 6.07) is 7.70. The molecule has 19 heavy (non-hydrogen) atoms. The summed E-state index contributed by atoms with van der Waals surface area (Å²) in [6.45, 7) is 2.19. The number of hydrogen-bond acceptors (Lipinski definition) is 1. The standard InChI is InChI=1S/C14H11BrClF2N/c1-8-5-10(15)12(18)6-13(8)19-7-9-3-2-4-11(17)14(9)16/h2-6,19H,7H2,1H3. The smallest absolute Gasteiger partial charge is 0.142 e. The lowest BCUT2D eigenvalue weighted by atomic mass is 10.1. The number of benzene rings is 2. The lowest BCUT2D eigenvalue weighted by Gasteiger charge is -2.12. The number of anilines is 1. The van der Waals surface area contributed by atoms with E-state index in [2.05, 4.69) is 21.2 Å². The fourth-order valence-corrected chi connectivity index (χ4v) is 2.36. The van der Waals surface area contributed by atoms with Crippen LogP contribution < -0.4 is 5.32 Å². The summed E-state index contributed by atoms with van der Waals surface area (Å²) >= 11 is 8.98. The van der Waals surface area contributed by atoms with Crippen LogP contribution >= 0.6 is 27.5 Å². The van der Waals surface area contributed by atoms with Crippen molar-refractivity contribution in [2.75, 3.05) is 5.32 Å². The van der Waals surface area contributed by atoms with E-state index >= 15 is 0 Å². The molecule has 1 N–H and O–H groups in total. The van der Waals surface area contributed by atoms with Crippen LogP contribution in [0.3, 0.4) is 0 Å². The zero-order valence-corrected chi connectivity index (χ0v) is 12.4. The van der Waals surface area contributed by atoms with E-state index in [4.69, 9.17) is 11.6 Å². The van der Waals surface area contributed by atoms with Gasteiger partial charge in [0.1, 0.15) is 11.6 Å². The molecule has 0 unspecified atom stereocenters. The average molecular weight is 347 g/mol. The Morgan fingerprint density at radius 3 is 2.68 bits per heavy atom. The molecule has 0 spiro atoms. The lowest BCUT2D eigenvalue weighted by molar-refractivity contribution is 0.620. The summed E-state index contributed by atoms with van der Waals surface area (Å²) in [5.41, 5.74) is 2.17. The van der Waals surface area contributed by atoms with Crippen molar-refractivity contribution < 1.29 is 8.78 Å². The molecule has 100 valence electrons. The van der Waals surface area contributed by atoms with E-state index in [0.717, 1.165) is 5.56 Å². The molecular weight excluding hydrogens is 336 g/mol. The Labute approximate surface area is 123 Å². The number of halogens is 4. The lowest BCUT2D eigenvalue weighted by Crippen LogP contribution is -2.03. The van der Waals surface area contributed by atoms with E-state index in [9.17, 15) is 8.78 Å². The minimum absolute atomic E-state index is 0.0882. The van der Waals surface area contributed by atoms with Gasteiger partial charge >= 0.3 is 0 Å². The zero-order chi connectivity index (χ0) is 14.0. The van der Waals surface area contributed by atoms with Gasteiger partial charge in [-0.15, -0.1) is 0 Å². The molecule has 0 aliphatic heterocycles. The predicted octanol–water partition coefficient (Wildman–Crippen LogP) is 5.30. The maximum Gasteiger partial charge on any atom is 0.142 e. The number of aryl methyl sites for hydroxylation is 1. The number of rotatable bonds is 3. The summed E-state index contributed by atoms with van der Waals surface area (Å²) in [5, 5.41) is 3.14. The highest BCUT2D eigenvalue weighted by molar-refractivity contribution is 9.10. The zero-order valence-electron chi connectivity index (χ0n) is 10.1. The summed E-state index contributed by atoms with van der Waals surface area (Å²) < 4.78 is 27.1. The number of nitrogens with one attached hydrogen (secondary N) is 1. The molecule has 0 saturated carbocycles. The largest absolute Gasteiger partial charge is 0.381 e. The average Bonchev–Trinajstić information content (AvgIpc) is 2.37. The van der Waals surface area contributed by atoms with Crippen molar-refractivity contribution in [3.8, 4) is 0 Å². The van der Waals surface area contributed by atoms with E-state index in [1.54, 1.807) is 18.2 Å². The van der Waals surface area contributed by atoms with Crippen molar-refractivity contribution in [2.24, 2.45) is 0 Å². The summed E-state index contributed by atoms with van der Waals surface area (Å²) in [4.78, 5) is 0. The summed E-state index contributed by atoms with van der Waals surface area (Å²) in [7, 11) is 0. The van der Waals surface area contributed by atoms with E-state index < -0.39 is 5.82 Å². The van der Waals surface area contributed by atoms with Crippen molar-refractivity contribution in [2.45, 2.75) is 13.5 Å². The third-order valence-corrected chi connectivity index (χ3v) is 3.80.